The number of hydrogen-bond donors (Lipinski definition) is 2. The van der Waals surface area contributed by atoms with Crippen molar-refractivity contribution in [2.24, 2.45) is 0 Å². The quantitative estimate of drug-likeness (QED) is 0.619. The fourth-order valence-electron chi connectivity index (χ4n) is 3.94. The SMILES string of the molecule is CC(C)(C)OC(=O)n1cccc1-c1ccc2nc(N)nc(NC3CCCCC3)c2c1. The van der Waals surface area contributed by atoms with Gasteiger partial charge in [0.05, 0.1) is 11.2 Å². The zero-order chi connectivity index (χ0) is 21.3. The Bertz CT molecular complexity index is 1060. The Balaban J connectivity index is 1.72. The summed E-state index contributed by atoms with van der Waals surface area (Å²) in [5.74, 6) is 1.01. The van der Waals surface area contributed by atoms with Gasteiger partial charge in [-0.15, -0.1) is 0 Å². The molecule has 0 bridgehead atoms. The highest BCUT2D eigenvalue weighted by molar-refractivity contribution is 5.94. The van der Waals surface area contributed by atoms with E-state index in [1.54, 1.807) is 6.20 Å². The molecule has 1 fully saturated rings. The fourth-order valence-corrected chi connectivity index (χ4v) is 3.94. The molecule has 3 aromatic rings. The van der Waals surface area contributed by atoms with Gasteiger partial charge in [-0.25, -0.2) is 9.78 Å². The molecule has 7 nitrogen and oxygen atoms in total. The third-order valence-corrected chi connectivity index (χ3v) is 5.29. The first-order chi connectivity index (χ1) is 14.3. The standard InChI is InChI=1S/C23H29N5O2/c1-23(2,3)30-22(29)28-13-7-10-19(28)15-11-12-18-17(14-15)20(27-21(24)26-18)25-16-8-5-4-6-9-16/h7,10-14,16H,4-6,8-9H2,1-3H3,(H3,24,25,26,27). The number of nitrogens with one attached hydrogen (secondary N) is 1. The maximum absolute atomic E-state index is 12.6. The topological polar surface area (TPSA) is 95.1 Å². The number of nitrogens with zero attached hydrogens (tertiary/aromatic N) is 3. The predicted octanol–water partition coefficient (Wildman–Crippen LogP) is 5.21. The first-order valence-electron chi connectivity index (χ1n) is 10.5. The second-order valence-electron chi connectivity index (χ2n) is 8.89. The predicted molar refractivity (Wildman–Crippen MR) is 120 cm³/mol. The number of hydrogen-bond acceptors (Lipinski definition) is 6. The molecule has 1 aromatic carbocycles. The lowest BCUT2D eigenvalue weighted by Gasteiger charge is -2.24. The molecule has 2 aromatic heterocycles. The number of aromatic nitrogens is 3. The van der Waals surface area contributed by atoms with Crippen molar-refractivity contribution in [2.45, 2.75) is 64.5 Å². The van der Waals surface area contributed by atoms with Crippen LogP contribution in [-0.2, 0) is 4.74 Å². The number of carbonyl (C=O) groups excluding carboxylic acids is 1. The van der Waals surface area contributed by atoms with Gasteiger partial charge in [0.25, 0.3) is 0 Å². The van der Waals surface area contributed by atoms with Gasteiger partial charge in [0, 0.05) is 17.6 Å². The summed E-state index contributed by atoms with van der Waals surface area (Å²) in [6.45, 7) is 5.57. The van der Waals surface area contributed by atoms with Crippen molar-refractivity contribution in [3.63, 3.8) is 0 Å². The molecule has 7 heteroatoms. The summed E-state index contributed by atoms with van der Waals surface area (Å²) in [4.78, 5) is 21.5. The van der Waals surface area contributed by atoms with Gasteiger partial charge in [-0.1, -0.05) is 25.3 Å². The van der Waals surface area contributed by atoms with Crippen molar-refractivity contribution in [2.75, 3.05) is 11.1 Å². The van der Waals surface area contributed by atoms with E-state index in [0.717, 1.165) is 40.8 Å². The molecule has 0 radical (unpaired) electrons. The molecule has 4 rings (SSSR count). The lowest BCUT2D eigenvalue weighted by Crippen LogP contribution is -2.27. The first kappa shape index (κ1) is 20.2. The zero-order valence-corrected chi connectivity index (χ0v) is 17.8. The van der Waals surface area contributed by atoms with Crippen LogP contribution in [0.25, 0.3) is 22.2 Å². The largest absolute Gasteiger partial charge is 0.443 e. The molecular formula is C23H29N5O2. The van der Waals surface area contributed by atoms with Gasteiger partial charge in [-0.3, -0.25) is 4.57 Å². The Morgan fingerprint density at radius 3 is 2.67 bits per heavy atom. The average Bonchev–Trinajstić information content (AvgIpc) is 3.17. The Labute approximate surface area is 176 Å². The summed E-state index contributed by atoms with van der Waals surface area (Å²) < 4.78 is 7.07. The zero-order valence-electron chi connectivity index (χ0n) is 17.8. The van der Waals surface area contributed by atoms with E-state index in [1.807, 2.05) is 51.1 Å². The normalized spacial score (nSPS) is 15.3. The number of benzene rings is 1. The Hall–Kier alpha value is -3.09. The van der Waals surface area contributed by atoms with E-state index in [0.29, 0.717) is 6.04 Å². The third kappa shape index (κ3) is 4.40. The Morgan fingerprint density at radius 2 is 1.93 bits per heavy atom. The lowest BCUT2D eigenvalue weighted by molar-refractivity contribution is 0.0540. The number of nitrogens with two attached hydrogens (primary N) is 1. The fraction of sp³-hybridized carbons (Fsp3) is 0.435. The van der Waals surface area contributed by atoms with Gasteiger partial charge >= 0.3 is 6.09 Å². The highest BCUT2D eigenvalue weighted by Gasteiger charge is 2.21. The number of anilines is 2. The molecule has 0 saturated heterocycles. The molecular weight excluding hydrogens is 378 g/mol. The van der Waals surface area contributed by atoms with Crippen molar-refractivity contribution >= 4 is 28.8 Å². The van der Waals surface area contributed by atoms with E-state index < -0.39 is 11.7 Å². The molecule has 0 atom stereocenters. The molecule has 0 amide bonds. The summed E-state index contributed by atoms with van der Waals surface area (Å²) in [5, 5.41) is 4.47. The van der Waals surface area contributed by atoms with Crippen molar-refractivity contribution < 1.29 is 9.53 Å². The molecule has 0 spiro atoms. The molecule has 30 heavy (non-hydrogen) atoms. The Kier molecular flexibility index (Phi) is 5.37. The minimum Gasteiger partial charge on any atom is -0.443 e. The molecule has 1 aliphatic carbocycles. The average molecular weight is 408 g/mol. The van der Waals surface area contributed by atoms with Crippen molar-refractivity contribution in [1.82, 2.24) is 14.5 Å². The summed E-state index contributed by atoms with van der Waals surface area (Å²) in [5.41, 5.74) is 7.81. The summed E-state index contributed by atoms with van der Waals surface area (Å²) in [6, 6.07) is 10.00. The molecule has 0 unspecified atom stereocenters. The number of nitrogen functional groups attached to an aromatic ring is 1. The lowest BCUT2D eigenvalue weighted by atomic mass is 9.95. The molecule has 0 aliphatic heterocycles. The van der Waals surface area contributed by atoms with Crippen LogP contribution in [0.5, 0.6) is 0 Å². The monoisotopic (exact) mass is 407 g/mol. The van der Waals surface area contributed by atoms with Crippen LogP contribution < -0.4 is 11.1 Å². The minimum absolute atomic E-state index is 0.255. The van der Waals surface area contributed by atoms with Crippen LogP contribution in [0.15, 0.2) is 36.5 Å². The maximum atomic E-state index is 12.6. The van der Waals surface area contributed by atoms with Crippen molar-refractivity contribution in [3.05, 3.63) is 36.5 Å². The second kappa shape index (κ2) is 7.97. The number of fused-ring (bicyclic) bond motifs is 1. The summed E-state index contributed by atoms with van der Waals surface area (Å²) in [7, 11) is 0. The van der Waals surface area contributed by atoms with Crippen LogP contribution in [0.3, 0.4) is 0 Å². The van der Waals surface area contributed by atoms with Crippen LogP contribution in [0.4, 0.5) is 16.6 Å². The maximum Gasteiger partial charge on any atom is 0.418 e. The first-order valence-corrected chi connectivity index (χ1v) is 10.5. The summed E-state index contributed by atoms with van der Waals surface area (Å²) >= 11 is 0. The van der Waals surface area contributed by atoms with Crippen molar-refractivity contribution in [1.29, 1.82) is 0 Å². The number of rotatable bonds is 3. The van der Waals surface area contributed by atoms with Gasteiger partial charge in [0.2, 0.25) is 5.95 Å². The van der Waals surface area contributed by atoms with E-state index in [9.17, 15) is 4.79 Å². The third-order valence-electron chi connectivity index (χ3n) is 5.29. The second-order valence-corrected chi connectivity index (χ2v) is 8.89. The van der Waals surface area contributed by atoms with E-state index in [1.165, 1.54) is 23.8 Å². The van der Waals surface area contributed by atoms with Gasteiger partial charge in [0.15, 0.2) is 0 Å². The highest BCUT2D eigenvalue weighted by Crippen LogP contribution is 2.30. The highest BCUT2D eigenvalue weighted by atomic mass is 16.6. The van der Waals surface area contributed by atoms with Crippen LogP contribution in [0, 0.1) is 0 Å². The molecule has 3 N–H and O–H groups in total. The molecule has 1 aliphatic rings. The van der Waals surface area contributed by atoms with E-state index in [4.69, 9.17) is 10.5 Å². The van der Waals surface area contributed by atoms with Gasteiger partial charge < -0.3 is 15.8 Å². The van der Waals surface area contributed by atoms with Crippen LogP contribution in [0.2, 0.25) is 0 Å². The number of carbonyl (C=O) groups is 1. The molecule has 1 saturated carbocycles. The number of ether oxygens (including phenoxy) is 1. The summed E-state index contributed by atoms with van der Waals surface area (Å²) in [6.07, 6.45) is 7.32. The van der Waals surface area contributed by atoms with Crippen molar-refractivity contribution in [3.8, 4) is 11.3 Å². The van der Waals surface area contributed by atoms with E-state index >= 15 is 0 Å². The van der Waals surface area contributed by atoms with Gasteiger partial charge in [-0.05, 0) is 63.4 Å². The van der Waals surface area contributed by atoms with Crippen LogP contribution in [-0.4, -0.2) is 32.3 Å². The minimum atomic E-state index is -0.565. The molecule has 158 valence electrons. The Morgan fingerprint density at radius 1 is 1.17 bits per heavy atom. The van der Waals surface area contributed by atoms with Gasteiger partial charge in [-0.2, -0.15) is 4.98 Å². The smallest absolute Gasteiger partial charge is 0.418 e. The van der Waals surface area contributed by atoms with E-state index in [2.05, 4.69) is 15.3 Å². The van der Waals surface area contributed by atoms with Crippen LogP contribution in [0.1, 0.15) is 52.9 Å². The molecule has 2 heterocycles. The van der Waals surface area contributed by atoms with Gasteiger partial charge in [0.1, 0.15) is 11.4 Å². The van der Waals surface area contributed by atoms with Crippen LogP contribution >= 0.6 is 0 Å². The van der Waals surface area contributed by atoms with E-state index in [-0.39, 0.29) is 5.95 Å².